The zero-order chi connectivity index (χ0) is 21.3. The van der Waals surface area contributed by atoms with Crippen LogP contribution in [0.15, 0.2) is 71.6 Å². The van der Waals surface area contributed by atoms with Crippen molar-refractivity contribution in [2.75, 3.05) is 10.0 Å². The lowest BCUT2D eigenvalue weighted by atomic mass is 10.2. The third-order valence-electron chi connectivity index (χ3n) is 4.09. The summed E-state index contributed by atoms with van der Waals surface area (Å²) in [6.07, 6.45) is 0. The Morgan fingerprint density at radius 3 is 2.43 bits per heavy atom. The second-order valence-electron chi connectivity index (χ2n) is 6.20. The van der Waals surface area contributed by atoms with Crippen molar-refractivity contribution in [2.24, 2.45) is 0 Å². The van der Waals surface area contributed by atoms with Gasteiger partial charge in [0, 0.05) is 11.3 Å². The van der Waals surface area contributed by atoms with Crippen LogP contribution in [0.3, 0.4) is 0 Å². The van der Waals surface area contributed by atoms with E-state index in [0.29, 0.717) is 4.70 Å². The molecule has 0 radical (unpaired) electrons. The summed E-state index contributed by atoms with van der Waals surface area (Å²) in [5.74, 6) is -1.57. The number of halogens is 2. The van der Waals surface area contributed by atoms with E-state index in [1.807, 2.05) is 0 Å². The number of nitrogens with one attached hydrogen (secondary N) is 2. The first-order valence-electron chi connectivity index (χ1n) is 8.57. The Morgan fingerprint density at radius 1 is 0.967 bits per heavy atom. The van der Waals surface area contributed by atoms with Crippen LogP contribution >= 0.6 is 11.3 Å². The molecule has 1 amide bonds. The fraction of sp³-hybridized carbons (Fsp3) is 0. The number of benzene rings is 3. The van der Waals surface area contributed by atoms with Crippen LogP contribution in [-0.2, 0) is 10.0 Å². The van der Waals surface area contributed by atoms with E-state index in [2.05, 4.69) is 15.0 Å². The standard InChI is InChI=1S/C20H13F2N3O3S2/c21-13-7-9-15(10-8-13)30(27,28)25-14-4-1-3-12(11-14)19(26)24-20-23-18-16(22)5-2-6-17(18)29-20/h1-11,25H,(H,23,24,26). The Bertz CT molecular complexity index is 1350. The number of hydrogen-bond acceptors (Lipinski definition) is 5. The number of hydrogen-bond donors (Lipinski definition) is 2. The van der Waals surface area contributed by atoms with Gasteiger partial charge < -0.3 is 0 Å². The van der Waals surface area contributed by atoms with Crippen LogP contribution in [0.5, 0.6) is 0 Å². The van der Waals surface area contributed by atoms with E-state index < -0.39 is 27.6 Å². The van der Waals surface area contributed by atoms with Gasteiger partial charge in [0.25, 0.3) is 15.9 Å². The largest absolute Gasteiger partial charge is 0.298 e. The molecule has 0 aliphatic carbocycles. The van der Waals surface area contributed by atoms with Crippen molar-refractivity contribution in [2.45, 2.75) is 4.90 Å². The van der Waals surface area contributed by atoms with E-state index in [1.54, 1.807) is 12.1 Å². The maximum atomic E-state index is 13.8. The van der Waals surface area contributed by atoms with Crippen LogP contribution in [-0.4, -0.2) is 19.3 Å². The van der Waals surface area contributed by atoms with Gasteiger partial charge in [-0.25, -0.2) is 22.2 Å². The Labute approximate surface area is 174 Å². The summed E-state index contributed by atoms with van der Waals surface area (Å²) in [4.78, 5) is 16.5. The predicted octanol–water partition coefficient (Wildman–Crippen LogP) is 4.63. The maximum absolute atomic E-state index is 13.8. The summed E-state index contributed by atoms with van der Waals surface area (Å²) in [7, 11) is -3.95. The molecule has 0 saturated carbocycles. The van der Waals surface area contributed by atoms with Gasteiger partial charge in [0.1, 0.15) is 17.2 Å². The molecule has 0 saturated heterocycles. The normalized spacial score (nSPS) is 11.4. The van der Waals surface area contributed by atoms with Crippen LogP contribution in [0.25, 0.3) is 10.2 Å². The van der Waals surface area contributed by atoms with Crippen LogP contribution in [0, 0.1) is 11.6 Å². The van der Waals surface area contributed by atoms with Crippen LogP contribution < -0.4 is 10.0 Å². The number of para-hydroxylation sites is 1. The number of carbonyl (C=O) groups is 1. The molecule has 0 bridgehead atoms. The lowest BCUT2D eigenvalue weighted by molar-refractivity contribution is 0.102. The molecule has 0 aliphatic rings. The molecule has 0 fully saturated rings. The summed E-state index contributed by atoms with van der Waals surface area (Å²) in [6, 6.07) is 14.7. The van der Waals surface area contributed by atoms with Crippen molar-refractivity contribution in [3.8, 4) is 0 Å². The van der Waals surface area contributed by atoms with Gasteiger partial charge in [-0.2, -0.15) is 0 Å². The highest BCUT2D eigenvalue weighted by Gasteiger charge is 2.16. The topological polar surface area (TPSA) is 88.2 Å². The first-order chi connectivity index (χ1) is 14.3. The zero-order valence-electron chi connectivity index (χ0n) is 15.1. The van der Waals surface area contributed by atoms with E-state index in [1.165, 1.54) is 30.3 Å². The van der Waals surface area contributed by atoms with Crippen molar-refractivity contribution in [1.82, 2.24) is 4.98 Å². The fourth-order valence-corrected chi connectivity index (χ4v) is 4.61. The van der Waals surface area contributed by atoms with E-state index in [0.717, 1.165) is 35.6 Å². The SMILES string of the molecule is O=C(Nc1nc2c(F)cccc2s1)c1cccc(NS(=O)(=O)c2ccc(F)cc2)c1. The number of rotatable bonds is 5. The first kappa shape index (κ1) is 19.9. The number of sulfonamides is 1. The average molecular weight is 445 g/mol. The Kier molecular flexibility index (Phi) is 5.18. The summed E-state index contributed by atoms with van der Waals surface area (Å²) in [5, 5.41) is 2.81. The number of fused-ring (bicyclic) bond motifs is 1. The molecule has 10 heteroatoms. The van der Waals surface area contributed by atoms with Crippen molar-refractivity contribution in [3.05, 3.63) is 83.9 Å². The molecule has 4 aromatic rings. The molecule has 6 nitrogen and oxygen atoms in total. The second kappa shape index (κ2) is 7.81. The monoisotopic (exact) mass is 445 g/mol. The molecule has 0 unspecified atom stereocenters. The molecule has 0 spiro atoms. The van der Waals surface area contributed by atoms with Crippen molar-refractivity contribution in [1.29, 1.82) is 0 Å². The molecular formula is C20H13F2N3O3S2. The van der Waals surface area contributed by atoms with Gasteiger partial charge in [-0.05, 0) is 54.6 Å². The minimum Gasteiger partial charge on any atom is -0.298 e. The molecule has 4 rings (SSSR count). The number of amides is 1. The number of thiazole rings is 1. The van der Waals surface area contributed by atoms with Gasteiger partial charge in [-0.3, -0.25) is 14.8 Å². The van der Waals surface area contributed by atoms with Gasteiger partial charge in [-0.1, -0.05) is 23.5 Å². The van der Waals surface area contributed by atoms with Gasteiger partial charge in [0.15, 0.2) is 5.13 Å². The van der Waals surface area contributed by atoms with Crippen LogP contribution in [0.4, 0.5) is 19.6 Å². The molecular weight excluding hydrogens is 432 g/mol. The van der Waals surface area contributed by atoms with Crippen molar-refractivity contribution in [3.63, 3.8) is 0 Å². The van der Waals surface area contributed by atoms with Crippen LogP contribution in [0.1, 0.15) is 10.4 Å². The van der Waals surface area contributed by atoms with Crippen molar-refractivity contribution >= 4 is 48.3 Å². The molecule has 152 valence electrons. The molecule has 0 atom stereocenters. The second-order valence-corrected chi connectivity index (χ2v) is 8.91. The number of aromatic nitrogens is 1. The number of carbonyl (C=O) groups excluding carboxylic acids is 1. The predicted molar refractivity (Wildman–Crippen MR) is 111 cm³/mol. The van der Waals surface area contributed by atoms with Gasteiger partial charge in [0.2, 0.25) is 0 Å². The lowest BCUT2D eigenvalue weighted by Crippen LogP contribution is -2.15. The average Bonchev–Trinajstić information content (AvgIpc) is 3.12. The molecule has 1 aromatic heterocycles. The van der Waals surface area contributed by atoms with E-state index in [-0.39, 0.29) is 26.8 Å². The van der Waals surface area contributed by atoms with E-state index >= 15 is 0 Å². The lowest BCUT2D eigenvalue weighted by Gasteiger charge is -2.09. The highest BCUT2D eigenvalue weighted by atomic mass is 32.2. The Morgan fingerprint density at radius 2 is 1.70 bits per heavy atom. The summed E-state index contributed by atoms with van der Waals surface area (Å²) >= 11 is 1.12. The molecule has 30 heavy (non-hydrogen) atoms. The molecule has 2 N–H and O–H groups in total. The highest BCUT2D eigenvalue weighted by molar-refractivity contribution is 7.92. The third-order valence-corrected chi connectivity index (χ3v) is 6.42. The van der Waals surface area contributed by atoms with E-state index in [4.69, 9.17) is 0 Å². The van der Waals surface area contributed by atoms with Crippen LogP contribution in [0.2, 0.25) is 0 Å². The fourth-order valence-electron chi connectivity index (χ4n) is 2.69. The summed E-state index contributed by atoms with van der Waals surface area (Å²) in [5.41, 5.74) is 0.495. The summed E-state index contributed by atoms with van der Waals surface area (Å²) < 4.78 is 54.6. The quantitative estimate of drug-likeness (QED) is 0.469. The zero-order valence-corrected chi connectivity index (χ0v) is 16.7. The Balaban J connectivity index is 1.54. The molecule has 0 aliphatic heterocycles. The molecule has 1 heterocycles. The smallest absolute Gasteiger partial charge is 0.261 e. The third kappa shape index (κ3) is 4.14. The minimum absolute atomic E-state index is 0.116. The highest BCUT2D eigenvalue weighted by Crippen LogP contribution is 2.28. The first-order valence-corrected chi connectivity index (χ1v) is 10.9. The van der Waals surface area contributed by atoms with E-state index in [9.17, 15) is 22.0 Å². The minimum atomic E-state index is -3.95. The van der Waals surface area contributed by atoms with Gasteiger partial charge >= 0.3 is 0 Å². The molecule has 3 aromatic carbocycles. The van der Waals surface area contributed by atoms with Gasteiger partial charge in [0.05, 0.1) is 9.60 Å². The maximum Gasteiger partial charge on any atom is 0.261 e. The Hall–Kier alpha value is -3.37. The number of nitrogens with zero attached hydrogens (tertiary/aromatic N) is 1. The summed E-state index contributed by atoms with van der Waals surface area (Å²) in [6.45, 7) is 0. The van der Waals surface area contributed by atoms with Crippen molar-refractivity contribution < 1.29 is 22.0 Å². The number of anilines is 2. The van der Waals surface area contributed by atoms with Gasteiger partial charge in [-0.15, -0.1) is 0 Å².